The van der Waals surface area contributed by atoms with E-state index in [-0.39, 0.29) is 18.4 Å². The second kappa shape index (κ2) is 6.44. The van der Waals surface area contributed by atoms with E-state index < -0.39 is 12.1 Å². The fourth-order valence-electron chi connectivity index (χ4n) is 1.29. The Balaban J connectivity index is 0.00000196. The quantitative estimate of drug-likeness (QED) is 0.357. The third-order valence-electron chi connectivity index (χ3n) is 1.94. The summed E-state index contributed by atoms with van der Waals surface area (Å²) >= 11 is 0. The number of carboxylic acid groups (broad SMARTS) is 1. The van der Waals surface area contributed by atoms with Crippen molar-refractivity contribution in [3.63, 3.8) is 0 Å². The van der Waals surface area contributed by atoms with Crippen LogP contribution in [-0.2, 0) is 9.53 Å². The third-order valence-corrected chi connectivity index (χ3v) is 1.94. The van der Waals surface area contributed by atoms with E-state index in [0.717, 1.165) is 0 Å². The number of ether oxygens (including phenoxy) is 1. The Bertz CT molecular complexity index is 232. The largest absolute Gasteiger partial charge is 0.479 e. The van der Waals surface area contributed by atoms with Crippen molar-refractivity contribution in [3.8, 4) is 0 Å². The van der Waals surface area contributed by atoms with Crippen LogP contribution < -0.4 is 11.1 Å². The monoisotopic (exact) mass is 238 g/mol. The van der Waals surface area contributed by atoms with Gasteiger partial charge in [-0.1, -0.05) is 0 Å². The molecular weight excluding hydrogens is 224 g/mol. The lowest BCUT2D eigenvalue weighted by Gasteiger charge is -2.32. The molecule has 88 valence electrons. The molecule has 15 heavy (non-hydrogen) atoms. The van der Waals surface area contributed by atoms with Crippen molar-refractivity contribution in [2.24, 2.45) is 5.73 Å². The molecule has 0 spiro atoms. The molecule has 0 aromatic heterocycles. The maximum absolute atomic E-state index is 10.8. The van der Waals surface area contributed by atoms with Gasteiger partial charge in [-0.3, -0.25) is 10.3 Å². The first-order chi connectivity index (χ1) is 6.61. The van der Waals surface area contributed by atoms with Gasteiger partial charge in [0.1, 0.15) is 0 Å². The normalized spacial score (nSPS) is 18.7. The van der Waals surface area contributed by atoms with Crippen molar-refractivity contribution >= 4 is 24.3 Å². The minimum atomic E-state index is -1.04. The summed E-state index contributed by atoms with van der Waals surface area (Å²) in [5, 5.41) is 18.2. The van der Waals surface area contributed by atoms with Crippen LogP contribution in [0.25, 0.3) is 0 Å². The van der Waals surface area contributed by atoms with Gasteiger partial charge in [0.15, 0.2) is 12.1 Å². The standard InChI is InChI=1S/C7H14N4O3.ClH/c8-7(9)10-5(6(12)13)11-1-3-14-4-2-11;/h5H,1-4H2,(H,12,13)(H4,8,9,10);1H. The number of halogens is 1. The molecule has 0 aromatic rings. The Kier molecular flexibility index (Phi) is 5.99. The highest BCUT2D eigenvalue weighted by molar-refractivity contribution is 5.85. The zero-order valence-electron chi connectivity index (χ0n) is 8.10. The molecule has 7 nitrogen and oxygen atoms in total. The van der Waals surface area contributed by atoms with Crippen molar-refractivity contribution in [1.29, 1.82) is 5.41 Å². The van der Waals surface area contributed by atoms with Crippen LogP contribution in [0, 0.1) is 5.41 Å². The van der Waals surface area contributed by atoms with Crippen LogP contribution >= 0.6 is 12.4 Å². The molecule has 1 rings (SSSR count). The fraction of sp³-hybridized carbons (Fsp3) is 0.714. The first-order valence-corrected chi connectivity index (χ1v) is 4.26. The lowest BCUT2D eigenvalue weighted by molar-refractivity contribution is -0.145. The van der Waals surface area contributed by atoms with Gasteiger partial charge in [-0.15, -0.1) is 12.4 Å². The lowest BCUT2D eigenvalue weighted by Crippen LogP contribution is -2.57. The Labute approximate surface area is 93.5 Å². The number of aliphatic carboxylic acids is 1. The zero-order valence-corrected chi connectivity index (χ0v) is 8.92. The van der Waals surface area contributed by atoms with E-state index in [9.17, 15) is 4.79 Å². The van der Waals surface area contributed by atoms with Crippen LogP contribution in [-0.4, -0.2) is 54.4 Å². The van der Waals surface area contributed by atoms with E-state index in [4.69, 9.17) is 21.0 Å². The molecule has 1 heterocycles. The van der Waals surface area contributed by atoms with Gasteiger partial charge in [0, 0.05) is 13.1 Å². The summed E-state index contributed by atoms with van der Waals surface area (Å²) < 4.78 is 5.09. The van der Waals surface area contributed by atoms with E-state index >= 15 is 0 Å². The van der Waals surface area contributed by atoms with Crippen LogP contribution in [0.1, 0.15) is 0 Å². The number of nitrogens with zero attached hydrogens (tertiary/aromatic N) is 1. The van der Waals surface area contributed by atoms with Crippen LogP contribution in [0.4, 0.5) is 0 Å². The maximum atomic E-state index is 10.8. The molecule has 8 heteroatoms. The van der Waals surface area contributed by atoms with E-state index in [1.165, 1.54) is 0 Å². The van der Waals surface area contributed by atoms with Crippen molar-refractivity contribution in [3.05, 3.63) is 0 Å². The van der Waals surface area contributed by atoms with E-state index in [2.05, 4.69) is 5.32 Å². The van der Waals surface area contributed by atoms with Crippen LogP contribution in [0.5, 0.6) is 0 Å². The molecule has 1 aliphatic heterocycles. The molecule has 1 saturated heterocycles. The highest BCUT2D eigenvalue weighted by Crippen LogP contribution is 2.01. The second-order valence-electron chi connectivity index (χ2n) is 2.95. The second-order valence-corrected chi connectivity index (χ2v) is 2.95. The molecule has 0 aromatic carbocycles. The summed E-state index contributed by atoms with van der Waals surface area (Å²) in [5.41, 5.74) is 5.09. The van der Waals surface area contributed by atoms with Crippen LogP contribution in [0.2, 0.25) is 0 Å². The highest BCUT2D eigenvalue weighted by Gasteiger charge is 2.27. The van der Waals surface area contributed by atoms with E-state index in [0.29, 0.717) is 26.3 Å². The number of carbonyl (C=O) groups is 1. The topological polar surface area (TPSA) is 112 Å². The minimum Gasteiger partial charge on any atom is -0.479 e. The zero-order chi connectivity index (χ0) is 10.6. The molecule has 1 aliphatic rings. The Morgan fingerprint density at radius 1 is 1.53 bits per heavy atom. The lowest BCUT2D eigenvalue weighted by atomic mass is 10.3. The molecule has 5 N–H and O–H groups in total. The number of nitrogens with two attached hydrogens (primary N) is 1. The van der Waals surface area contributed by atoms with Gasteiger partial charge in [0.2, 0.25) is 0 Å². The number of hydrogen-bond donors (Lipinski definition) is 4. The van der Waals surface area contributed by atoms with E-state index in [1.54, 1.807) is 4.90 Å². The molecule has 1 atom stereocenters. The maximum Gasteiger partial charge on any atom is 0.341 e. The van der Waals surface area contributed by atoms with Gasteiger partial charge >= 0.3 is 5.97 Å². The molecule has 0 amide bonds. The Morgan fingerprint density at radius 2 is 2.07 bits per heavy atom. The number of guanidine groups is 1. The van der Waals surface area contributed by atoms with Gasteiger partial charge in [0.25, 0.3) is 0 Å². The number of rotatable bonds is 3. The third kappa shape index (κ3) is 4.32. The molecule has 0 bridgehead atoms. The molecule has 0 aliphatic carbocycles. The summed E-state index contributed by atoms with van der Waals surface area (Å²) in [7, 11) is 0. The predicted octanol–water partition coefficient (Wildman–Crippen LogP) is -1.37. The number of morpholine rings is 1. The van der Waals surface area contributed by atoms with E-state index in [1.807, 2.05) is 0 Å². The summed E-state index contributed by atoms with van der Waals surface area (Å²) in [6.45, 7) is 2.06. The van der Waals surface area contributed by atoms with Gasteiger partial charge in [-0.05, 0) is 0 Å². The number of nitrogens with one attached hydrogen (secondary N) is 2. The van der Waals surface area contributed by atoms with Crippen molar-refractivity contribution < 1.29 is 14.6 Å². The SMILES string of the molecule is Cl.N=C(N)NC(C(=O)O)N1CCOCC1. The molecule has 1 fully saturated rings. The van der Waals surface area contributed by atoms with Gasteiger partial charge in [0.05, 0.1) is 13.2 Å². The smallest absolute Gasteiger partial charge is 0.341 e. The number of carboxylic acids is 1. The first-order valence-electron chi connectivity index (χ1n) is 4.26. The van der Waals surface area contributed by atoms with Gasteiger partial charge in [-0.2, -0.15) is 0 Å². The highest BCUT2D eigenvalue weighted by atomic mass is 35.5. The van der Waals surface area contributed by atoms with Crippen molar-refractivity contribution in [2.75, 3.05) is 26.3 Å². The van der Waals surface area contributed by atoms with Crippen molar-refractivity contribution in [2.45, 2.75) is 6.17 Å². The average Bonchev–Trinajstić information content (AvgIpc) is 2.15. The Hall–Kier alpha value is -1.05. The van der Waals surface area contributed by atoms with Gasteiger partial charge < -0.3 is 20.9 Å². The first kappa shape index (κ1) is 13.9. The summed E-state index contributed by atoms with van der Waals surface area (Å²) in [6.07, 6.45) is -0.934. The fourth-order valence-corrected chi connectivity index (χ4v) is 1.29. The van der Waals surface area contributed by atoms with Crippen LogP contribution in [0.3, 0.4) is 0 Å². The van der Waals surface area contributed by atoms with Crippen LogP contribution in [0.15, 0.2) is 0 Å². The predicted molar refractivity (Wildman–Crippen MR) is 56.1 cm³/mol. The minimum absolute atomic E-state index is 0. The summed E-state index contributed by atoms with van der Waals surface area (Å²) in [6, 6.07) is 0. The molecule has 0 radical (unpaired) electrons. The van der Waals surface area contributed by atoms with Gasteiger partial charge in [-0.25, -0.2) is 4.79 Å². The summed E-state index contributed by atoms with van der Waals surface area (Å²) in [4.78, 5) is 12.5. The molecule has 0 saturated carbocycles. The number of hydrogen-bond acceptors (Lipinski definition) is 4. The van der Waals surface area contributed by atoms with Crippen molar-refractivity contribution in [1.82, 2.24) is 10.2 Å². The molecule has 1 unspecified atom stereocenters. The average molecular weight is 239 g/mol. The summed E-state index contributed by atoms with van der Waals surface area (Å²) in [5.74, 6) is -1.38. The Morgan fingerprint density at radius 3 is 2.47 bits per heavy atom. The molecular formula is C7H15ClN4O3.